The second kappa shape index (κ2) is 5.10. The maximum absolute atomic E-state index is 6.63. The van der Waals surface area contributed by atoms with E-state index in [4.69, 9.17) is 5.73 Å². The highest BCUT2D eigenvalue weighted by atomic mass is 79.9. The Bertz CT molecular complexity index is 456. The lowest BCUT2D eigenvalue weighted by molar-refractivity contribution is -0.0464. The molecular weight excluding hydrogens is 312 g/mol. The van der Waals surface area contributed by atoms with Crippen LogP contribution >= 0.6 is 15.9 Å². The number of nitrogens with zero attached hydrogens (tertiary/aromatic N) is 1. The Balaban J connectivity index is 1.48. The predicted octanol–water partition coefficient (Wildman–Crippen LogP) is 3.79. The summed E-state index contributed by atoms with van der Waals surface area (Å²) in [4.78, 5) is 4.33. The van der Waals surface area contributed by atoms with Crippen LogP contribution in [0.25, 0.3) is 0 Å². The monoisotopic (exact) mass is 334 g/mol. The van der Waals surface area contributed by atoms with E-state index in [1.165, 1.54) is 37.7 Å². The summed E-state index contributed by atoms with van der Waals surface area (Å²) in [5.41, 5.74) is 7.92. The zero-order valence-electron chi connectivity index (χ0n) is 11.8. The van der Waals surface area contributed by atoms with Crippen molar-refractivity contribution in [2.24, 2.45) is 35.3 Å². The van der Waals surface area contributed by atoms with E-state index in [9.17, 15) is 0 Å². The summed E-state index contributed by atoms with van der Waals surface area (Å²) in [6.07, 6.45) is 10.3. The highest BCUT2D eigenvalue weighted by Crippen LogP contribution is 2.57. The van der Waals surface area contributed by atoms with Gasteiger partial charge >= 0.3 is 0 Å². The van der Waals surface area contributed by atoms with E-state index in [1.807, 2.05) is 12.3 Å². The van der Waals surface area contributed by atoms with Gasteiger partial charge in [-0.25, -0.2) is 4.98 Å². The molecule has 3 heteroatoms. The average Bonchev–Trinajstić information content (AvgIpc) is 2.40. The fourth-order valence-electron chi connectivity index (χ4n) is 5.60. The van der Waals surface area contributed by atoms with Crippen LogP contribution in [0.1, 0.15) is 37.7 Å². The van der Waals surface area contributed by atoms with Crippen LogP contribution < -0.4 is 5.73 Å². The van der Waals surface area contributed by atoms with Crippen LogP contribution in [0.15, 0.2) is 22.9 Å². The molecule has 2 nitrogen and oxygen atoms in total. The van der Waals surface area contributed by atoms with Crippen molar-refractivity contribution in [1.82, 2.24) is 4.98 Å². The van der Waals surface area contributed by atoms with Crippen LogP contribution in [0, 0.1) is 29.6 Å². The fourth-order valence-corrected chi connectivity index (χ4v) is 5.84. The first kappa shape index (κ1) is 13.3. The molecule has 2 N–H and O–H groups in total. The standard InChI is InChI=1S/C17H23BrN2/c18-16-2-1-10(9-20-16)8-15(19)17-13-4-11-3-12(6-13)7-14(17)5-11/h1-2,9,11-15,17H,3-8,19H2. The summed E-state index contributed by atoms with van der Waals surface area (Å²) in [5, 5.41) is 0. The van der Waals surface area contributed by atoms with Gasteiger partial charge in [0.05, 0.1) is 0 Å². The average molecular weight is 335 g/mol. The van der Waals surface area contributed by atoms with E-state index < -0.39 is 0 Å². The zero-order valence-corrected chi connectivity index (χ0v) is 13.4. The summed E-state index contributed by atoms with van der Waals surface area (Å²) in [6.45, 7) is 0. The minimum absolute atomic E-state index is 0.327. The molecule has 0 radical (unpaired) electrons. The minimum Gasteiger partial charge on any atom is -0.327 e. The molecule has 20 heavy (non-hydrogen) atoms. The zero-order chi connectivity index (χ0) is 13.7. The van der Waals surface area contributed by atoms with Crippen molar-refractivity contribution in [1.29, 1.82) is 0 Å². The Kier molecular flexibility index (Phi) is 3.38. The van der Waals surface area contributed by atoms with Gasteiger partial charge in [0.2, 0.25) is 0 Å². The van der Waals surface area contributed by atoms with Crippen LogP contribution in [-0.2, 0) is 6.42 Å². The quantitative estimate of drug-likeness (QED) is 0.854. The van der Waals surface area contributed by atoms with Gasteiger partial charge in [0.1, 0.15) is 4.60 Å². The Morgan fingerprint density at radius 3 is 2.30 bits per heavy atom. The third-order valence-corrected chi connectivity index (χ3v) is 6.52. The van der Waals surface area contributed by atoms with Crippen LogP contribution in [0.4, 0.5) is 0 Å². The third-order valence-electron chi connectivity index (χ3n) is 6.05. The van der Waals surface area contributed by atoms with Crippen molar-refractivity contribution in [2.75, 3.05) is 0 Å². The van der Waals surface area contributed by atoms with Gasteiger partial charge in [-0.1, -0.05) is 6.07 Å². The van der Waals surface area contributed by atoms with E-state index >= 15 is 0 Å². The van der Waals surface area contributed by atoms with Gasteiger partial charge in [-0.05, 0) is 95.7 Å². The number of halogens is 1. The summed E-state index contributed by atoms with van der Waals surface area (Å²) in [7, 11) is 0. The summed E-state index contributed by atoms with van der Waals surface area (Å²) >= 11 is 3.40. The molecule has 4 saturated carbocycles. The van der Waals surface area contributed by atoms with E-state index in [2.05, 4.69) is 27.0 Å². The topological polar surface area (TPSA) is 38.9 Å². The van der Waals surface area contributed by atoms with Gasteiger partial charge in [-0.2, -0.15) is 0 Å². The van der Waals surface area contributed by atoms with Gasteiger partial charge in [-0.3, -0.25) is 0 Å². The highest BCUT2D eigenvalue weighted by Gasteiger charge is 2.49. The summed E-state index contributed by atoms with van der Waals surface area (Å²) < 4.78 is 0.907. The Labute approximate surface area is 129 Å². The summed E-state index contributed by atoms with van der Waals surface area (Å²) in [6, 6.07) is 4.51. The number of nitrogens with two attached hydrogens (primary N) is 1. The molecule has 0 spiro atoms. The number of pyridine rings is 1. The maximum atomic E-state index is 6.63. The molecular formula is C17H23BrN2. The molecule has 1 aromatic rings. The van der Waals surface area contributed by atoms with Gasteiger partial charge in [0.25, 0.3) is 0 Å². The molecule has 1 heterocycles. The van der Waals surface area contributed by atoms with E-state index in [0.29, 0.717) is 6.04 Å². The van der Waals surface area contributed by atoms with Gasteiger partial charge in [0, 0.05) is 12.2 Å². The molecule has 4 aliphatic carbocycles. The molecule has 0 amide bonds. The first-order chi connectivity index (χ1) is 9.69. The summed E-state index contributed by atoms with van der Waals surface area (Å²) in [5.74, 6) is 4.69. The molecule has 5 rings (SSSR count). The molecule has 0 aromatic carbocycles. The van der Waals surface area contributed by atoms with Gasteiger partial charge in [0.15, 0.2) is 0 Å². The minimum atomic E-state index is 0.327. The number of hydrogen-bond acceptors (Lipinski definition) is 2. The Morgan fingerprint density at radius 1 is 1.10 bits per heavy atom. The second-order valence-electron chi connectivity index (χ2n) is 7.37. The predicted molar refractivity (Wildman–Crippen MR) is 84.2 cm³/mol. The van der Waals surface area contributed by atoms with Gasteiger partial charge < -0.3 is 5.73 Å². The largest absolute Gasteiger partial charge is 0.327 e. The highest BCUT2D eigenvalue weighted by molar-refractivity contribution is 9.10. The molecule has 108 valence electrons. The van der Waals surface area contributed by atoms with E-state index in [0.717, 1.165) is 40.6 Å². The molecule has 4 fully saturated rings. The van der Waals surface area contributed by atoms with Crippen molar-refractivity contribution >= 4 is 15.9 Å². The normalized spacial score (nSPS) is 40.0. The molecule has 1 atom stereocenters. The van der Waals surface area contributed by atoms with Crippen molar-refractivity contribution in [3.63, 3.8) is 0 Å². The number of aromatic nitrogens is 1. The van der Waals surface area contributed by atoms with Crippen LogP contribution in [-0.4, -0.2) is 11.0 Å². The van der Waals surface area contributed by atoms with Crippen LogP contribution in [0.5, 0.6) is 0 Å². The number of rotatable bonds is 3. The van der Waals surface area contributed by atoms with Crippen LogP contribution in [0.3, 0.4) is 0 Å². The lowest BCUT2D eigenvalue weighted by Gasteiger charge is -2.56. The fraction of sp³-hybridized carbons (Fsp3) is 0.706. The Morgan fingerprint density at radius 2 is 1.75 bits per heavy atom. The second-order valence-corrected chi connectivity index (χ2v) is 8.18. The molecule has 1 unspecified atom stereocenters. The molecule has 4 aliphatic rings. The molecule has 1 aromatic heterocycles. The molecule has 4 bridgehead atoms. The van der Waals surface area contributed by atoms with E-state index in [-0.39, 0.29) is 0 Å². The van der Waals surface area contributed by atoms with Crippen molar-refractivity contribution in [3.8, 4) is 0 Å². The first-order valence-corrected chi connectivity index (χ1v) is 8.84. The van der Waals surface area contributed by atoms with E-state index in [1.54, 1.807) is 0 Å². The Hall–Kier alpha value is -0.410. The number of hydrogen-bond donors (Lipinski definition) is 1. The molecule has 0 aliphatic heterocycles. The van der Waals surface area contributed by atoms with Gasteiger partial charge in [-0.15, -0.1) is 0 Å². The van der Waals surface area contributed by atoms with Crippen molar-refractivity contribution in [2.45, 2.75) is 44.6 Å². The van der Waals surface area contributed by atoms with Crippen LogP contribution in [0.2, 0.25) is 0 Å². The molecule has 0 saturated heterocycles. The lowest BCUT2D eigenvalue weighted by Crippen LogP contribution is -2.52. The smallest absolute Gasteiger partial charge is 0.106 e. The third kappa shape index (κ3) is 2.33. The first-order valence-electron chi connectivity index (χ1n) is 8.05. The van der Waals surface area contributed by atoms with Crippen molar-refractivity contribution < 1.29 is 0 Å². The maximum Gasteiger partial charge on any atom is 0.106 e. The van der Waals surface area contributed by atoms with Crippen molar-refractivity contribution in [3.05, 3.63) is 28.5 Å². The lowest BCUT2D eigenvalue weighted by atomic mass is 9.50. The SMILES string of the molecule is NC(Cc1ccc(Br)nc1)C1C2CC3CC(C2)CC1C3.